The van der Waals surface area contributed by atoms with E-state index in [0.29, 0.717) is 30.2 Å². The van der Waals surface area contributed by atoms with Crippen LogP contribution in [0.4, 0.5) is 0 Å². The lowest BCUT2D eigenvalue weighted by Crippen LogP contribution is -2.46. The van der Waals surface area contributed by atoms with Gasteiger partial charge in [-0.05, 0) is 30.8 Å². The van der Waals surface area contributed by atoms with Crippen molar-refractivity contribution in [1.82, 2.24) is 10.2 Å². The third-order valence-corrected chi connectivity index (χ3v) is 3.61. The SMILES string of the molecule is COC[C@H]1C[C@@H](O)CN1C(=S)NC(=O)c1ccccc1. The van der Waals surface area contributed by atoms with Crippen LogP contribution in [0.2, 0.25) is 0 Å². The van der Waals surface area contributed by atoms with Gasteiger partial charge in [-0.25, -0.2) is 0 Å². The van der Waals surface area contributed by atoms with E-state index in [1.54, 1.807) is 31.4 Å². The maximum absolute atomic E-state index is 12.0. The van der Waals surface area contributed by atoms with Crippen molar-refractivity contribution in [2.45, 2.75) is 18.6 Å². The van der Waals surface area contributed by atoms with Gasteiger partial charge in [0.1, 0.15) is 0 Å². The third-order valence-electron chi connectivity index (χ3n) is 3.27. The normalized spacial score (nSPS) is 21.8. The average Bonchev–Trinajstić information content (AvgIpc) is 2.81. The molecule has 0 unspecified atom stereocenters. The lowest BCUT2D eigenvalue weighted by molar-refractivity contribution is 0.0968. The molecule has 20 heavy (non-hydrogen) atoms. The summed E-state index contributed by atoms with van der Waals surface area (Å²) < 4.78 is 5.12. The molecule has 0 spiro atoms. The van der Waals surface area contributed by atoms with Crippen molar-refractivity contribution in [3.05, 3.63) is 35.9 Å². The fourth-order valence-electron chi connectivity index (χ4n) is 2.32. The topological polar surface area (TPSA) is 61.8 Å². The quantitative estimate of drug-likeness (QED) is 0.807. The number of carbonyl (C=O) groups is 1. The molecule has 2 rings (SSSR count). The highest BCUT2D eigenvalue weighted by Crippen LogP contribution is 2.18. The minimum Gasteiger partial charge on any atom is -0.391 e. The molecular weight excluding hydrogens is 276 g/mol. The highest BCUT2D eigenvalue weighted by atomic mass is 32.1. The van der Waals surface area contributed by atoms with Crippen LogP contribution in [0.1, 0.15) is 16.8 Å². The van der Waals surface area contributed by atoms with Crippen LogP contribution in [0.15, 0.2) is 30.3 Å². The molecule has 1 aliphatic rings. The maximum Gasteiger partial charge on any atom is 0.257 e. The molecule has 1 aromatic rings. The van der Waals surface area contributed by atoms with Crippen molar-refractivity contribution >= 4 is 23.2 Å². The van der Waals surface area contributed by atoms with E-state index in [4.69, 9.17) is 17.0 Å². The Balaban J connectivity index is 1.99. The van der Waals surface area contributed by atoms with Gasteiger partial charge >= 0.3 is 0 Å². The van der Waals surface area contributed by atoms with Gasteiger partial charge < -0.3 is 14.7 Å². The van der Waals surface area contributed by atoms with Crippen molar-refractivity contribution in [1.29, 1.82) is 0 Å². The number of carbonyl (C=O) groups excluding carboxylic acids is 1. The Hall–Kier alpha value is -1.50. The molecule has 5 nitrogen and oxygen atoms in total. The van der Waals surface area contributed by atoms with Gasteiger partial charge in [0.05, 0.1) is 18.8 Å². The fourth-order valence-corrected chi connectivity index (χ4v) is 2.64. The summed E-state index contributed by atoms with van der Waals surface area (Å²) in [6.45, 7) is 0.889. The summed E-state index contributed by atoms with van der Waals surface area (Å²) in [5, 5.41) is 12.8. The number of thiocarbonyl (C=S) groups is 1. The lowest BCUT2D eigenvalue weighted by atomic mass is 10.2. The minimum atomic E-state index is -0.443. The Morgan fingerprint density at radius 1 is 1.50 bits per heavy atom. The summed E-state index contributed by atoms with van der Waals surface area (Å²) >= 11 is 5.26. The highest BCUT2D eigenvalue weighted by molar-refractivity contribution is 7.80. The molecule has 0 bridgehead atoms. The first kappa shape index (κ1) is 14.9. The summed E-state index contributed by atoms with van der Waals surface area (Å²) in [7, 11) is 1.61. The van der Waals surface area contributed by atoms with Crippen LogP contribution in [0.3, 0.4) is 0 Å². The second kappa shape index (κ2) is 6.78. The minimum absolute atomic E-state index is 0.00132. The van der Waals surface area contributed by atoms with Crippen LogP contribution >= 0.6 is 12.2 Å². The van der Waals surface area contributed by atoms with E-state index in [-0.39, 0.29) is 11.9 Å². The number of methoxy groups -OCH3 is 1. The van der Waals surface area contributed by atoms with E-state index in [2.05, 4.69) is 5.32 Å². The molecule has 0 aromatic heterocycles. The van der Waals surface area contributed by atoms with Crippen LogP contribution in [-0.2, 0) is 4.74 Å². The molecule has 1 saturated heterocycles. The molecule has 6 heteroatoms. The molecule has 1 aromatic carbocycles. The number of aliphatic hydroxyl groups excluding tert-OH is 1. The largest absolute Gasteiger partial charge is 0.391 e. The number of aliphatic hydroxyl groups is 1. The van der Waals surface area contributed by atoms with E-state index in [0.717, 1.165) is 0 Å². The Bertz CT molecular complexity index is 481. The maximum atomic E-state index is 12.0. The van der Waals surface area contributed by atoms with Crippen molar-refractivity contribution in [2.24, 2.45) is 0 Å². The number of hydrogen-bond acceptors (Lipinski definition) is 4. The Labute approximate surface area is 123 Å². The van der Waals surface area contributed by atoms with Crippen LogP contribution in [0, 0.1) is 0 Å². The number of ether oxygens (including phenoxy) is 1. The molecule has 2 atom stereocenters. The molecular formula is C14H18N2O3S. The molecule has 1 aliphatic heterocycles. The zero-order chi connectivity index (χ0) is 14.5. The first-order valence-electron chi connectivity index (χ1n) is 6.46. The lowest BCUT2D eigenvalue weighted by Gasteiger charge is -2.26. The zero-order valence-corrected chi connectivity index (χ0v) is 12.1. The van der Waals surface area contributed by atoms with Gasteiger partial charge in [-0.15, -0.1) is 0 Å². The second-order valence-electron chi connectivity index (χ2n) is 4.78. The summed E-state index contributed by atoms with van der Waals surface area (Å²) in [5.41, 5.74) is 0.554. The molecule has 1 amide bonds. The predicted octanol–water partition coefficient (Wildman–Crippen LogP) is 0.783. The van der Waals surface area contributed by atoms with Gasteiger partial charge in [0, 0.05) is 19.2 Å². The molecule has 108 valence electrons. The highest BCUT2D eigenvalue weighted by Gasteiger charge is 2.33. The van der Waals surface area contributed by atoms with Crippen LogP contribution in [0.25, 0.3) is 0 Å². The zero-order valence-electron chi connectivity index (χ0n) is 11.3. The smallest absolute Gasteiger partial charge is 0.257 e. The number of hydrogen-bond donors (Lipinski definition) is 2. The Morgan fingerprint density at radius 2 is 2.20 bits per heavy atom. The number of amides is 1. The van der Waals surface area contributed by atoms with Gasteiger partial charge in [0.15, 0.2) is 5.11 Å². The average molecular weight is 294 g/mol. The van der Waals surface area contributed by atoms with Gasteiger partial charge in [0.2, 0.25) is 0 Å². The Morgan fingerprint density at radius 3 is 2.85 bits per heavy atom. The van der Waals surface area contributed by atoms with E-state index in [9.17, 15) is 9.90 Å². The molecule has 0 saturated carbocycles. The summed E-state index contributed by atoms with van der Waals surface area (Å²) in [4.78, 5) is 13.8. The second-order valence-corrected chi connectivity index (χ2v) is 5.16. The number of nitrogens with one attached hydrogen (secondary N) is 1. The standard InChI is InChI=1S/C14H18N2O3S/c1-19-9-11-7-12(17)8-16(11)14(20)15-13(18)10-5-3-2-4-6-10/h2-6,11-12,17H,7-9H2,1H3,(H,15,18,20)/t11-,12-/m1/s1. The number of benzene rings is 1. The van der Waals surface area contributed by atoms with E-state index in [1.807, 2.05) is 11.0 Å². The molecule has 1 fully saturated rings. The van der Waals surface area contributed by atoms with E-state index < -0.39 is 6.10 Å². The van der Waals surface area contributed by atoms with Crippen molar-refractivity contribution in [3.8, 4) is 0 Å². The number of rotatable bonds is 3. The molecule has 0 radical (unpaired) electrons. The number of nitrogens with zero attached hydrogens (tertiary/aromatic N) is 1. The van der Waals surface area contributed by atoms with Crippen LogP contribution < -0.4 is 5.32 Å². The first-order valence-corrected chi connectivity index (χ1v) is 6.86. The van der Waals surface area contributed by atoms with Crippen molar-refractivity contribution in [2.75, 3.05) is 20.3 Å². The molecule has 2 N–H and O–H groups in total. The van der Waals surface area contributed by atoms with Gasteiger partial charge in [-0.2, -0.15) is 0 Å². The summed E-state index contributed by atoms with van der Waals surface area (Å²) in [6.07, 6.45) is 0.150. The molecule has 0 aliphatic carbocycles. The summed E-state index contributed by atoms with van der Waals surface area (Å²) in [6, 6.07) is 8.89. The van der Waals surface area contributed by atoms with Gasteiger partial charge in [-0.3, -0.25) is 10.1 Å². The monoisotopic (exact) mass is 294 g/mol. The van der Waals surface area contributed by atoms with Crippen molar-refractivity contribution in [3.63, 3.8) is 0 Å². The Kier molecular flexibility index (Phi) is 5.05. The van der Waals surface area contributed by atoms with E-state index in [1.165, 1.54) is 0 Å². The van der Waals surface area contributed by atoms with Gasteiger partial charge in [-0.1, -0.05) is 18.2 Å². The van der Waals surface area contributed by atoms with E-state index >= 15 is 0 Å². The van der Waals surface area contributed by atoms with Gasteiger partial charge in [0.25, 0.3) is 5.91 Å². The third kappa shape index (κ3) is 3.53. The molecule has 1 heterocycles. The van der Waals surface area contributed by atoms with Crippen LogP contribution in [-0.4, -0.2) is 53.4 Å². The number of likely N-dealkylation sites (tertiary alicyclic amines) is 1. The van der Waals surface area contributed by atoms with Crippen LogP contribution in [0.5, 0.6) is 0 Å². The van der Waals surface area contributed by atoms with Crippen molar-refractivity contribution < 1.29 is 14.6 Å². The fraction of sp³-hybridized carbons (Fsp3) is 0.429. The number of β-amino-alcohol motifs (C(OH)–C–C–N with tert-alkyl or cyclic N) is 1. The predicted molar refractivity (Wildman–Crippen MR) is 79.5 cm³/mol. The first-order chi connectivity index (χ1) is 9.61. The summed E-state index contributed by atoms with van der Waals surface area (Å²) in [5.74, 6) is -0.242.